The molecule has 1 aliphatic heterocycles. The molecule has 0 saturated carbocycles. The lowest BCUT2D eigenvalue weighted by Crippen LogP contribution is -2.38. The Balaban J connectivity index is 1.72. The van der Waals surface area contributed by atoms with Crippen LogP contribution < -0.4 is 15.8 Å². The Bertz CT molecular complexity index is 812. The first-order valence-corrected chi connectivity index (χ1v) is 8.24. The maximum Gasteiger partial charge on any atom is 0.419 e. The summed E-state index contributed by atoms with van der Waals surface area (Å²) in [6.45, 7) is 2.53. The van der Waals surface area contributed by atoms with Crippen LogP contribution >= 0.6 is 15.9 Å². The van der Waals surface area contributed by atoms with Crippen molar-refractivity contribution in [2.24, 2.45) is 10.7 Å². The molecule has 1 amide bonds. The van der Waals surface area contributed by atoms with Gasteiger partial charge in [0.25, 0.3) is 0 Å². The molecule has 8 nitrogen and oxygen atoms in total. The van der Waals surface area contributed by atoms with Gasteiger partial charge in [0, 0.05) is 16.7 Å². The van der Waals surface area contributed by atoms with Crippen LogP contribution in [0.1, 0.15) is 12.6 Å². The van der Waals surface area contributed by atoms with Gasteiger partial charge in [-0.3, -0.25) is 10.3 Å². The van der Waals surface area contributed by atoms with Crippen molar-refractivity contribution in [2.75, 3.05) is 18.5 Å². The number of anilines is 1. The number of pyridine rings is 2. The first kappa shape index (κ1) is 17.3. The summed E-state index contributed by atoms with van der Waals surface area (Å²) in [5.74, 6) is 0.927. The van der Waals surface area contributed by atoms with Crippen molar-refractivity contribution in [3.63, 3.8) is 0 Å². The van der Waals surface area contributed by atoms with Crippen molar-refractivity contribution >= 4 is 33.7 Å². The number of carbonyl (C=O) groups excluding carboxylic acids is 1. The molecule has 0 fully saturated rings. The second-order valence-corrected chi connectivity index (χ2v) is 6.52. The number of hydrogen-bond donors (Lipinski definition) is 2. The fourth-order valence-corrected chi connectivity index (χ4v) is 2.55. The summed E-state index contributed by atoms with van der Waals surface area (Å²) in [5.41, 5.74) is 5.70. The molecule has 2 aromatic heterocycles. The van der Waals surface area contributed by atoms with Crippen LogP contribution in [0.25, 0.3) is 0 Å². The van der Waals surface area contributed by atoms with Gasteiger partial charge in [0.1, 0.15) is 23.8 Å². The van der Waals surface area contributed by atoms with Gasteiger partial charge in [-0.05, 0) is 41.1 Å². The fourth-order valence-electron chi connectivity index (χ4n) is 2.32. The largest absolute Gasteiger partial charge is 0.419 e. The molecule has 0 saturated heterocycles. The number of hydrogen-bond acceptors (Lipinski definition) is 7. The normalized spacial score (nSPS) is 19.8. The predicted molar refractivity (Wildman–Crippen MR) is 95.6 cm³/mol. The van der Waals surface area contributed by atoms with Crippen molar-refractivity contribution in [1.82, 2.24) is 9.97 Å². The molecule has 0 aromatic carbocycles. The van der Waals surface area contributed by atoms with Gasteiger partial charge in [0.2, 0.25) is 5.88 Å². The molecule has 0 aliphatic carbocycles. The van der Waals surface area contributed by atoms with Crippen molar-refractivity contribution in [3.05, 3.63) is 46.7 Å². The van der Waals surface area contributed by atoms with Crippen LogP contribution in [0.2, 0.25) is 0 Å². The molecule has 25 heavy (non-hydrogen) atoms. The zero-order valence-corrected chi connectivity index (χ0v) is 15.0. The van der Waals surface area contributed by atoms with E-state index in [0.717, 1.165) is 4.47 Å². The van der Waals surface area contributed by atoms with Gasteiger partial charge in [-0.1, -0.05) is 6.07 Å². The molecular weight excluding hydrogens is 390 g/mol. The zero-order chi connectivity index (χ0) is 17.9. The van der Waals surface area contributed by atoms with E-state index in [1.165, 1.54) is 6.20 Å². The van der Waals surface area contributed by atoms with Gasteiger partial charge >= 0.3 is 6.09 Å². The highest BCUT2D eigenvalue weighted by Crippen LogP contribution is 2.27. The molecule has 0 radical (unpaired) electrons. The smallest absolute Gasteiger partial charge is 0.391 e. The van der Waals surface area contributed by atoms with E-state index in [1.807, 2.05) is 6.92 Å². The number of nitrogens with zero attached hydrogens (tertiary/aromatic N) is 3. The standard InChI is InChI=1S/C16H16BrN5O3/c1-16(9-24-8-12(18)22-16)11-3-2-4-13(20-11)21-15(23)25-14-6-5-10(17)7-19-14/h2-7H,8-9H2,1H3,(H2,18,22)(H,20,21,23). The number of aliphatic imine (C=N–C) groups is 1. The number of ether oxygens (including phenoxy) is 2. The van der Waals surface area contributed by atoms with Gasteiger partial charge < -0.3 is 15.2 Å². The third-order valence-corrected chi connectivity index (χ3v) is 3.92. The van der Waals surface area contributed by atoms with Crippen LogP contribution in [0.4, 0.5) is 10.6 Å². The first-order valence-electron chi connectivity index (χ1n) is 7.44. The van der Waals surface area contributed by atoms with Gasteiger partial charge in [0.05, 0.1) is 12.3 Å². The second kappa shape index (κ2) is 7.16. The summed E-state index contributed by atoms with van der Waals surface area (Å²) in [7, 11) is 0. The van der Waals surface area contributed by atoms with Crippen LogP contribution in [0, 0.1) is 0 Å². The Labute approximate surface area is 152 Å². The van der Waals surface area contributed by atoms with Crippen LogP contribution in [-0.4, -0.2) is 35.1 Å². The average molecular weight is 406 g/mol. The molecule has 2 aromatic rings. The molecule has 130 valence electrons. The topological polar surface area (TPSA) is 112 Å². The van der Waals surface area contributed by atoms with Gasteiger partial charge in [0.15, 0.2) is 0 Å². The van der Waals surface area contributed by atoms with Crippen molar-refractivity contribution in [3.8, 4) is 5.88 Å². The monoisotopic (exact) mass is 405 g/mol. The predicted octanol–water partition coefficient (Wildman–Crippen LogP) is 2.45. The molecule has 1 aliphatic rings. The number of nitrogens with one attached hydrogen (secondary N) is 1. The minimum absolute atomic E-state index is 0.182. The number of nitrogens with two attached hydrogens (primary N) is 1. The van der Waals surface area contributed by atoms with Crippen molar-refractivity contribution in [2.45, 2.75) is 12.5 Å². The Kier molecular flexibility index (Phi) is 4.95. The van der Waals surface area contributed by atoms with Crippen LogP contribution in [-0.2, 0) is 10.3 Å². The molecule has 9 heteroatoms. The lowest BCUT2D eigenvalue weighted by atomic mass is 9.98. The Morgan fingerprint density at radius 2 is 2.24 bits per heavy atom. The van der Waals surface area contributed by atoms with Crippen LogP contribution in [0.3, 0.4) is 0 Å². The van der Waals surface area contributed by atoms with E-state index in [1.54, 1.807) is 30.3 Å². The summed E-state index contributed by atoms with van der Waals surface area (Å²) < 4.78 is 11.3. The highest BCUT2D eigenvalue weighted by Gasteiger charge is 2.31. The maximum absolute atomic E-state index is 12.0. The summed E-state index contributed by atoms with van der Waals surface area (Å²) >= 11 is 3.26. The summed E-state index contributed by atoms with van der Waals surface area (Å²) in [4.78, 5) is 24.8. The van der Waals surface area contributed by atoms with E-state index in [4.69, 9.17) is 15.2 Å². The van der Waals surface area contributed by atoms with E-state index in [9.17, 15) is 4.79 Å². The fraction of sp³-hybridized carbons (Fsp3) is 0.250. The Morgan fingerprint density at radius 1 is 1.40 bits per heavy atom. The number of halogens is 1. The summed E-state index contributed by atoms with van der Waals surface area (Å²) in [5, 5.41) is 2.57. The highest BCUT2D eigenvalue weighted by molar-refractivity contribution is 9.10. The minimum Gasteiger partial charge on any atom is -0.391 e. The average Bonchev–Trinajstić information content (AvgIpc) is 2.57. The molecule has 0 bridgehead atoms. The van der Waals surface area contributed by atoms with E-state index in [-0.39, 0.29) is 5.88 Å². The highest BCUT2D eigenvalue weighted by atomic mass is 79.9. The number of rotatable bonds is 3. The third kappa shape index (κ3) is 4.31. The van der Waals surface area contributed by atoms with Crippen LogP contribution in [0.5, 0.6) is 5.88 Å². The number of aromatic nitrogens is 2. The number of carbonyl (C=O) groups is 1. The lowest BCUT2D eigenvalue weighted by Gasteiger charge is -2.29. The molecular formula is C16H16BrN5O3. The van der Waals surface area contributed by atoms with Crippen molar-refractivity contribution in [1.29, 1.82) is 0 Å². The maximum atomic E-state index is 12.0. The summed E-state index contributed by atoms with van der Waals surface area (Å²) in [6.07, 6.45) is 0.848. The first-order chi connectivity index (χ1) is 11.9. The second-order valence-electron chi connectivity index (χ2n) is 5.61. The van der Waals surface area contributed by atoms with E-state index >= 15 is 0 Å². The molecule has 3 N–H and O–H groups in total. The molecule has 1 unspecified atom stereocenters. The molecule has 1 atom stereocenters. The third-order valence-electron chi connectivity index (χ3n) is 3.45. The van der Waals surface area contributed by atoms with E-state index in [0.29, 0.717) is 30.6 Å². The lowest BCUT2D eigenvalue weighted by molar-refractivity contribution is 0.104. The number of amides is 1. The Hall–Kier alpha value is -2.52. The zero-order valence-electron chi connectivity index (χ0n) is 13.4. The van der Waals surface area contributed by atoms with Gasteiger partial charge in [-0.2, -0.15) is 0 Å². The summed E-state index contributed by atoms with van der Waals surface area (Å²) in [6, 6.07) is 8.52. The van der Waals surface area contributed by atoms with E-state index in [2.05, 4.69) is 36.2 Å². The Morgan fingerprint density at radius 3 is 2.96 bits per heavy atom. The molecule has 0 spiro atoms. The van der Waals surface area contributed by atoms with Crippen LogP contribution in [0.15, 0.2) is 46.0 Å². The van der Waals surface area contributed by atoms with E-state index < -0.39 is 11.6 Å². The van der Waals surface area contributed by atoms with Crippen molar-refractivity contribution < 1.29 is 14.3 Å². The quantitative estimate of drug-likeness (QED) is 0.810. The van der Waals surface area contributed by atoms with Gasteiger partial charge in [-0.15, -0.1) is 0 Å². The molecule has 3 rings (SSSR count). The van der Waals surface area contributed by atoms with Gasteiger partial charge in [-0.25, -0.2) is 14.8 Å². The minimum atomic E-state index is -0.697. The SMILES string of the molecule is CC1(c2cccc(NC(=O)Oc3ccc(Br)cn3)n2)COCC(N)=N1. The number of amidine groups is 1. The molecule has 3 heterocycles.